The van der Waals surface area contributed by atoms with Crippen LogP contribution in [0.15, 0.2) is 0 Å². The van der Waals surface area contributed by atoms with Gasteiger partial charge in [-0.25, -0.2) is 0 Å². The van der Waals surface area contributed by atoms with Gasteiger partial charge in [-0.3, -0.25) is 4.79 Å². The summed E-state index contributed by atoms with van der Waals surface area (Å²) >= 11 is 0. The number of hydrogen-bond donors (Lipinski definition) is 2. The van der Waals surface area contributed by atoms with Crippen molar-refractivity contribution in [2.45, 2.75) is 57.1 Å². The number of methoxy groups -OCH3 is 1. The van der Waals surface area contributed by atoms with Crippen molar-refractivity contribution in [2.24, 2.45) is 5.92 Å². The first-order chi connectivity index (χ1) is 8.78. The minimum absolute atomic E-state index is 0. The van der Waals surface area contributed by atoms with E-state index in [-0.39, 0.29) is 18.3 Å². The van der Waals surface area contributed by atoms with Gasteiger partial charge in [0.2, 0.25) is 5.91 Å². The number of carbonyl (C=O) groups is 1. The molecule has 1 saturated heterocycles. The smallest absolute Gasteiger partial charge is 0.220 e. The Morgan fingerprint density at radius 1 is 1.26 bits per heavy atom. The number of amides is 1. The maximum Gasteiger partial charge on any atom is 0.220 e. The van der Waals surface area contributed by atoms with Gasteiger partial charge < -0.3 is 15.4 Å². The van der Waals surface area contributed by atoms with Crippen molar-refractivity contribution in [2.75, 3.05) is 20.2 Å². The molecule has 0 aromatic rings. The van der Waals surface area contributed by atoms with Crippen molar-refractivity contribution in [3.63, 3.8) is 0 Å². The number of piperidine rings is 1. The van der Waals surface area contributed by atoms with Crippen molar-refractivity contribution < 1.29 is 9.53 Å². The van der Waals surface area contributed by atoms with E-state index < -0.39 is 0 Å². The van der Waals surface area contributed by atoms with Crippen LogP contribution in [0.2, 0.25) is 0 Å². The van der Waals surface area contributed by atoms with Crippen molar-refractivity contribution in [3.8, 4) is 0 Å². The highest BCUT2D eigenvalue weighted by atomic mass is 35.5. The Labute approximate surface area is 122 Å². The zero-order valence-electron chi connectivity index (χ0n) is 11.8. The lowest BCUT2D eigenvalue weighted by atomic mass is 9.93. The lowest BCUT2D eigenvalue weighted by Crippen LogP contribution is -2.34. The Bertz CT molecular complexity index is 270. The Morgan fingerprint density at radius 2 is 2.00 bits per heavy atom. The molecule has 2 aliphatic rings. The van der Waals surface area contributed by atoms with Crippen LogP contribution in [0.5, 0.6) is 0 Å². The van der Waals surface area contributed by atoms with Gasteiger partial charge in [-0.15, -0.1) is 12.4 Å². The lowest BCUT2D eigenvalue weighted by Gasteiger charge is -2.22. The molecule has 0 radical (unpaired) electrons. The SMILES string of the molecule is COC1CCC(NC(=O)CCC2CCNCC2)C1.Cl. The predicted molar refractivity (Wildman–Crippen MR) is 78.7 cm³/mol. The Kier molecular flexibility index (Phi) is 7.73. The highest BCUT2D eigenvalue weighted by molar-refractivity contribution is 5.85. The summed E-state index contributed by atoms with van der Waals surface area (Å²) in [4.78, 5) is 11.9. The second kappa shape index (κ2) is 8.77. The topological polar surface area (TPSA) is 50.4 Å². The van der Waals surface area contributed by atoms with Crippen LogP contribution < -0.4 is 10.6 Å². The van der Waals surface area contributed by atoms with E-state index >= 15 is 0 Å². The number of hydrogen-bond acceptors (Lipinski definition) is 3. The first kappa shape index (κ1) is 16.7. The molecule has 2 fully saturated rings. The second-order valence-electron chi connectivity index (χ2n) is 5.67. The van der Waals surface area contributed by atoms with Crippen LogP contribution >= 0.6 is 12.4 Å². The summed E-state index contributed by atoms with van der Waals surface area (Å²) in [5.41, 5.74) is 0. The molecule has 0 spiro atoms. The predicted octanol–water partition coefficient (Wildman–Crippen LogP) is 1.87. The molecule has 4 nitrogen and oxygen atoms in total. The quantitative estimate of drug-likeness (QED) is 0.813. The highest BCUT2D eigenvalue weighted by Crippen LogP contribution is 2.22. The van der Waals surface area contributed by atoms with E-state index in [0.717, 1.165) is 44.7 Å². The molecule has 0 aromatic carbocycles. The molecular weight excluding hydrogens is 264 g/mol. The fraction of sp³-hybridized carbons (Fsp3) is 0.929. The van der Waals surface area contributed by atoms with Gasteiger partial charge in [0.05, 0.1) is 6.10 Å². The molecule has 1 heterocycles. The molecule has 2 atom stereocenters. The molecule has 2 rings (SSSR count). The maximum absolute atomic E-state index is 11.9. The molecule has 2 unspecified atom stereocenters. The summed E-state index contributed by atoms with van der Waals surface area (Å²) in [6.45, 7) is 2.23. The van der Waals surface area contributed by atoms with Gasteiger partial charge in [-0.05, 0) is 57.5 Å². The number of rotatable bonds is 5. The summed E-state index contributed by atoms with van der Waals surface area (Å²) in [5.74, 6) is 0.975. The van der Waals surface area contributed by atoms with Crippen LogP contribution in [0.1, 0.15) is 44.9 Å². The Hall–Kier alpha value is -0.320. The fourth-order valence-corrected chi connectivity index (χ4v) is 3.09. The largest absolute Gasteiger partial charge is 0.381 e. The van der Waals surface area contributed by atoms with E-state index in [2.05, 4.69) is 10.6 Å². The molecule has 0 bridgehead atoms. The lowest BCUT2D eigenvalue weighted by molar-refractivity contribution is -0.122. The number of ether oxygens (including phenoxy) is 1. The van der Waals surface area contributed by atoms with Crippen LogP contribution in [0.4, 0.5) is 0 Å². The number of carbonyl (C=O) groups excluding carboxylic acids is 1. The molecule has 2 N–H and O–H groups in total. The first-order valence-corrected chi connectivity index (χ1v) is 7.31. The summed E-state index contributed by atoms with van der Waals surface area (Å²) in [7, 11) is 1.76. The third kappa shape index (κ3) is 5.67. The summed E-state index contributed by atoms with van der Waals surface area (Å²) in [5, 5.41) is 6.51. The maximum atomic E-state index is 11.9. The standard InChI is InChI=1S/C14H26N2O2.ClH/c1-18-13-4-3-12(10-13)16-14(17)5-2-11-6-8-15-9-7-11;/h11-13,15H,2-10H2,1H3,(H,16,17);1H. The van der Waals surface area contributed by atoms with Crippen LogP contribution in [0, 0.1) is 5.92 Å². The van der Waals surface area contributed by atoms with E-state index in [9.17, 15) is 4.79 Å². The van der Waals surface area contributed by atoms with Crippen LogP contribution in [-0.2, 0) is 9.53 Å². The van der Waals surface area contributed by atoms with Gasteiger partial charge in [0.15, 0.2) is 0 Å². The number of halogens is 1. The minimum atomic E-state index is 0. The van der Waals surface area contributed by atoms with Crippen LogP contribution in [0.25, 0.3) is 0 Å². The Balaban J connectivity index is 0.00000180. The molecule has 1 aliphatic carbocycles. The van der Waals surface area contributed by atoms with Crippen molar-refractivity contribution in [3.05, 3.63) is 0 Å². The number of nitrogens with one attached hydrogen (secondary N) is 2. The Morgan fingerprint density at radius 3 is 2.63 bits per heavy atom. The van der Waals surface area contributed by atoms with Gasteiger partial charge >= 0.3 is 0 Å². The molecule has 0 aromatic heterocycles. The fourth-order valence-electron chi connectivity index (χ4n) is 3.09. The van der Waals surface area contributed by atoms with Gasteiger partial charge in [-0.1, -0.05) is 0 Å². The van der Waals surface area contributed by atoms with Crippen LogP contribution in [0.3, 0.4) is 0 Å². The van der Waals surface area contributed by atoms with Gasteiger partial charge in [-0.2, -0.15) is 0 Å². The summed E-state index contributed by atoms with van der Waals surface area (Å²) in [6.07, 6.45) is 7.67. The zero-order chi connectivity index (χ0) is 12.8. The monoisotopic (exact) mass is 290 g/mol. The third-order valence-corrected chi connectivity index (χ3v) is 4.32. The van der Waals surface area contributed by atoms with E-state index in [0.29, 0.717) is 18.6 Å². The molecule has 112 valence electrons. The van der Waals surface area contributed by atoms with E-state index in [1.54, 1.807) is 7.11 Å². The summed E-state index contributed by atoms with van der Waals surface area (Å²) < 4.78 is 5.32. The van der Waals surface area contributed by atoms with E-state index in [1.165, 1.54) is 12.8 Å². The third-order valence-electron chi connectivity index (χ3n) is 4.32. The van der Waals surface area contributed by atoms with E-state index in [1.807, 2.05) is 0 Å². The normalized spacial score (nSPS) is 27.8. The minimum Gasteiger partial charge on any atom is -0.381 e. The van der Waals surface area contributed by atoms with Crippen molar-refractivity contribution in [1.29, 1.82) is 0 Å². The van der Waals surface area contributed by atoms with Crippen molar-refractivity contribution in [1.82, 2.24) is 10.6 Å². The molecular formula is C14H27ClN2O2. The van der Waals surface area contributed by atoms with Crippen LogP contribution in [-0.4, -0.2) is 38.3 Å². The van der Waals surface area contributed by atoms with Gasteiger partial charge in [0, 0.05) is 19.6 Å². The average Bonchev–Trinajstić information content (AvgIpc) is 2.85. The second-order valence-corrected chi connectivity index (χ2v) is 5.67. The molecule has 1 aliphatic heterocycles. The van der Waals surface area contributed by atoms with Gasteiger partial charge in [0.1, 0.15) is 0 Å². The molecule has 5 heteroatoms. The molecule has 19 heavy (non-hydrogen) atoms. The highest BCUT2D eigenvalue weighted by Gasteiger charge is 2.25. The molecule has 1 amide bonds. The first-order valence-electron chi connectivity index (χ1n) is 7.31. The average molecular weight is 291 g/mol. The summed E-state index contributed by atoms with van der Waals surface area (Å²) in [6, 6.07) is 0.343. The molecule has 1 saturated carbocycles. The zero-order valence-corrected chi connectivity index (χ0v) is 12.6. The van der Waals surface area contributed by atoms with Gasteiger partial charge in [0.25, 0.3) is 0 Å². The van der Waals surface area contributed by atoms with Crippen molar-refractivity contribution >= 4 is 18.3 Å². The van der Waals surface area contributed by atoms with E-state index in [4.69, 9.17) is 4.74 Å².